The Hall–Kier alpha value is -1.81. The van der Waals surface area contributed by atoms with E-state index in [9.17, 15) is 9.90 Å². The number of fused-ring (bicyclic) bond motifs is 1. The van der Waals surface area contributed by atoms with E-state index in [2.05, 4.69) is 16.4 Å². The molecule has 1 fully saturated rings. The van der Waals surface area contributed by atoms with Crippen LogP contribution in [0.2, 0.25) is 0 Å². The fourth-order valence-corrected chi connectivity index (χ4v) is 2.98. The van der Waals surface area contributed by atoms with E-state index >= 15 is 0 Å². The molecule has 0 atom stereocenters. The number of aliphatic hydroxyl groups excluding tert-OH is 1. The molecule has 1 aromatic carbocycles. The van der Waals surface area contributed by atoms with Gasteiger partial charge in [0.05, 0.1) is 11.8 Å². The van der Waals surface area contributed by atoms with Crippen molar-refractivity contribution in [2.24, 2.45) is 5.92 Å². The average Bonchev–Trinajstić information content (AvgIpc) is 2.81. The standard InChI is InChI=1S/C16H20N2O2/c1-10-9-13-14(17-10)3-2-4-15(13)18-16(20)11-5-7-12(19)8-6-11/h2-4,9,11-12,17,19H,5-8H2,1H3,(H,18,20). The molecule has 1 amide bonds. The number of nitrogens with one attached hydrogen (secondary N) is 2. The number of amides is 1. The molecule has 20 heavy (non-hydrogen) atoms. The fraction of sp³-hybridized carbons (Fsp3) is 0.438. The summed E-state index contributed by atoms with van der Waals surface area (Å²) in [5.41, 5.74) is 2.99. The van der Waals surface area contributed by atoms with E-state index in [4.69, 9.17) is 0 Å². The Bertz CT molecular complexity index is 624. The monoisotopic (exact) mass is 272 g/mol. The summed E-state index contributed by atoms with van der Waals surface area (Å²) in [6.45, 7) is 2.01. The first kappa shape index (κ1) is 13.2. The number of hydrogen-bond acceptors (Lipinski definition) is 2. The number of aromatic nitrogens is 1. The SMILES string of the molecule is Cc1cc2c(NC(=O)C3CCC(O)CC3)cccc2[nH]1. The second-order valence-electron chi connectivity index (χ2n) is 5.71. The molecule has 0 radical (unpaired) electrons. The van der Waals surface area contributed by atoms with Crippen molar-refractivity contribution in [3.8, 4) is 0 Å². The fourth-order valence-electron chi connectivity index (χ4n) is 2.98. The maximum absolute atomic E-state index is 12.3. The molecular formula is C16H20N2O2. The van der Waals surface area contributed by atoms with Gasteiger partial charge in [0.25, 0.3) is 0 Å². The van der Waals surface area contributed by atoms with Crippen LogP contribution < -0.4 is 5.32 Å². The van der Waals surface area contributed by atoms with Gasteiger partial charge < -0.3 is 15.4 Å². The molecule has 1 heterocycles. The van der Waals surface area contributed by atoms with Crippen molar-refractivity contribution >= 4 is 22.5 Å². The number of carbonyl (C=O) groups excluding carboxylic acids is 1. The van der Waals surface area contributed by atoms with Gasteiger partial charge in [0.15, 0.2) is 0 Å². The van der Waals surface area contributed by atoms with Gasteiger partial charge in [0, 0.05) is 22.5 Å². The topological polar surface area (TPSA) is 65.1 Å². The number of benzene rings is 1. The molecule has 2 aromatic rings. The van der Waals surface area contributed by atoms with Gasteiger partial charge in [0.1, 0.15) is 0 Å². The van der Waals surface area contributed by atoms with Crippen molar-refractivity contribution in [2.45, 2.75) is 38.7 Å². The first-order valence-electron chi connectivity index (χ1n) is 7.21. The lowest BCUT2D eigenvalue weighted by Gasteiger charge is -2.24. The van der Waals surface area contributed by atoms with Crippen LogP contribution in [-0.4, -0.2) is 22.1 Å². The van der Waals surface area contributed by atoms with Gasteiger partial charge in [-0.25, -0.2) is 0 Å². The number of H-pyrrole nitrogens is 1. The van der Waals surface area contributed by atoms with E-state index in [0.717, 1.165) is 48.0 Å². The number of aromatic amines is 1. The van der Waals surface area contributed by atoms with Crippen LogP contribution in [-0.2, 0) is 4.79 Å². The maximum atomic E-state index is 12.3. The lowest BCUT2D eigenvalue weighted by molar-refractivity contribution is -0.121. The Kier molecular flexibility index (Phi) is 3.49. The highest BCUT2D eigenvalue weighted by Crippen LogP contribution is 2.28. The third-order valence-electron chi connectivity index (χ3n) is 4.12. The first-order chi connectivity index (χ1) is 9.63. The van der Waals surface area contributed by atoms with Crippen LogP contribution in [0.15, 0.2) is 24.3 Å². The van der Waals surface area contributed by atoms with Crippen molar-refractivity contribution in [1.82, 2.24) is 4.98 Å². The van der Waals surface area contributed by atoms with Crippen LogP contribution in [0, 0.1) is 12.8 Å². The van der Waals surface area contributed by atoms with E-state index < -0.39 is 0 Å². The highest BCUT2D eigenvalue weighted by atomic mass is 16.3. The molecule has 4 heteroatoms. The normalized spacial score (nSPS) is 22.9. The average molecular weight is 272 g/mol. The molecule has 3 rings (SSSR count). The van der Waals surface area contributed by atoms with Gasteiger partial charge in [-0.1, -0.05) is 6.07 Å². The quantitative estimate of drug-likeness (QED) is 0.787. The van der Waals surface area contributed by atoms with Crippen LogP contribution >= 0.6 is 0 Å². The highest BCUT2D eigenvalue weighted by Gasteiger charge is 2.25. The molecule has 1 aromatic heterocycles. The Morgan fingerprint density at radius 2 is 2.05 bits per heavy atom. The highest BCUT2D eigenvalue weighted by molar-refractivity contribution is 6.02. The summed E-state index contributed by atoms with van der Waals surface area (Å²) in [7, 11) is 0. The Morgan fingerprint density at radius 1 is 1.30 bits per heavy atom. The van der Waals surface area contributed by atoms with Crippen molar-refractivity contribution < 1.29 is 9.90 Å². The lowest BCUT2D eigenvalue weighted by Crippen LogP contribution is -2.28. The van der Waals surface area contributed by atoms with Gasteiger partial charge >= 0.3 is 0 Å². The second-order valence-corrected chi connectivity index (χ2v) is 5.71. The zero-order chi connectivity index (χ0) is 14.1. The predicted octanol–water partition coefficient (Wildman–Crippen LogP) is 2.97. The van der Waals surface area contributed by atoms with E-state index in [1.54, 1.807) is 0 Å². The molecule has 4 nitrogen and oxygen atoms in total. The summed E-state index contributed by atoms with van der Waals surface area (Å²) in [5, 5.41) is 13.6. The van der Waals surface area contributed by atoms with Crippen molar-refractivity contribution in [3.63, 3.8) is 0 Å². The van der Waals surface area contributed by atoms with Gasteiger partial charge in [-0.05, 0) is 50.8 Å². The molecule has 1 saturated carbocycles. The molecule has 1 aliphatic carbocycles. The zero-order valence-corrected chi connectivity index (χ0v) is 11.6. The Balaban J connectivity index is 1.77. The summed E-state index contributed by atoms with van der Waals surface area (Å²) in [4.78, 5) is 15.6. The predicted molar refractivity (Wildman–Crippen MR) is 79.6 cm³/mol. The maximum Gasteiger partial charge on any atom is 0.227 e. The minimum absolute atomic E-state index is 0.0219. The summed E-state index contributed by atoms with van der Waals surface area (Å²) in [5.74, 6) is 0.0944. The third kappa shape index (κ3) is 2.56. The molecule has 1 aliphatic rings. The van der Waals surface area contributed by atoms with Crippen molar-refractivity contribution in [1.29, 1.82) is 0 Å². The van der Waals surface area contributed by atoms with E-state index in [-0.39, 0.29) is 17.9 Å². The molecule has 0 spiro atoms. The molecule has 106 valence electrons. The molecular weight excluding hydrogens is 252 g/mol. The van der Waals surface area contributed by atoms with E-state index in [0.29, 0.717) is 0 Å². The number of hydrogen-bond donors (Lipinski definition) is 3. The smallest absolute Gasteiger partial charge is 0.227 e. The molecule has 0 aliphatic heterocycles. The number of aliphatic hydroxyl groups is 1. The van der Waals surface area contributed by atoms with Gasteiger partial charge in [0.2, 0.25) is 5.91 Å². The lowest BCUT2D eigenvalue weighted by atomic mass is 9.87. The Morgan fingerprint density at radius 3 is 2.80 bits per heavy atom. The van der Waals surface area contributed by atoms with Crippen molar-refractivity contribution in [2.75, 3.05) is 5.32 Å². The van der Waals surface area contributed by atoms with Crippen LogP contribution in [0.4, 0.5) is 5.69 Å². The van der Waals surface area contributed by atoms with Crippen LogP contribution in [0.5, 0.6) is 0 Å². The Labute approximate surface area is 118 Å². The van der Waals surface area contributed by atoms with E-state index in [1.165, 1.54) is 0 Å². The minimum Gasteiger partial charge on any atom is -0.393 e. The van der Waals surface area contributed by atoms with Gasteiger partial charge in [-0.15, -0.1) is 0 Å². The van der Waals surface area contributed by atoms with Gasteiger partial charge in [-0.3, -0.25) is 4.79 Å². The molecule has 0 bridgehead atoms. The number of carbonyl (C=O) groups is 1. The minimum atomic E-state index is -0.227. The summed E-state index contributed by atoms with van der Waals surface area (Å²) < 4.78 is 0. The number of rotatable bonds is 2. The number of aryl methyl sites for hydroxylation is 1. The van der Waals surface area contributed by atoms with Gasteiger partial charge in [-0.2, -0.15) is 0 Å². The summed E-state index contributed by atoms with van der Waals surface area (Å²) >= 11 is 0. The molecule has 3 N–H and O–H groups in total. The van der Waals surface area contributed by atoms with Crippen molar-refractivity contribution in [3.05, 3.63) is 30.0 Å². The summed E-state index contributed by atoms with van der Waals surface area (Å²) in [6.07, 6.45) is 2.77. The summed E-state index contributed by atoms with van der Waals surface area (Å²) in [6, 6.07) is 7.94. The van der Waals surface area contributed by atoms with E-state index in [1.807, 2.05) is 25.1 Å². The first-order valence-corrected chi connectivity index (χ1v) is 7.21. The molecule has 0 saturated heterocycles. The number of anilines is 1. The second kappa shape index (κ2) is 5.29. The van der Waals surface area contributed by atoms with Crippen LogP contribution in [0.25, 0.3) is 10.9 Å². The molecule has 0 unspecified atom stereocenters. The largest absolute Gasteiger partial charge is 0.393 e. The van der Waals surface area contributed by atoms with Crippen LogP contribution in [0.1, 0.15) is 31.4 Å². The zero-order valence-electron chi connectivity index (χ0n) is 11.6. The van der Waals surface area contributed by atoms with Crippen LogP contribution in [0.3, 0.4) is 0 Å². The third-order valence-corrected chi connectivity index (χ3v) is 4.12.